The Morgan fingerprint density at radius 3 is 2.65 bits per heavy atom. The lowest BCUT2D eigenvalue weighted by atomic mass is 10.3. The molecule has 0 bridgehead atoms. The van der Waals surface area contributed by atoms with Crippen LogP contribution in [-0.2, 0) is 0 Å². The fraction of sp³-hybridized carbons (Fsp3) is 0.417. The first-order valence-electron chi connectivity index (χ1n) is 6.32. The topological polar surface area (TPSA) is 98.8 Å². The van der Waals surface area contributed by atoms with E-state index >= 15 is 0 Å². The zero-order valence-corrected chi connectivity index (χ0v) is 11.6. The Hall–Kier alpha value is -2.51. The van der Waals surface area contributed by atoms with Crippen LogP contribution in [0.4, 0.5) is 11.5 Å². The highest BCUT2D eigenvalue weighted by molar-refractivity contribution is 5.50. The molecular formula is C12H16N6O2. The summed E-state index contributed by atoms with van der Waals surface area (Å²) in [4.78, 5) is 19.1. The molecule has 0 unspecified atom stereocenters. The number of anilines is 1. The van der Waals surface area contributed by atoms with Gasteiger partial charge in [-0.3, -0.25) is 10.1 Å². The molecule has 1 N–H and O–H groups in total. The lowest BCUT2D eigenvalue weighted by Crippen LogP contribution is -2.08. The number of nitro groups is 1. The van der Waals surface area contributed by atoms with Crippen molar-refractivity contribution in [1.29, 1.82) is 0 Å². The molecule has 2 heterocycles. The minimum absolute atomic E-state index is 0.0267. The molecule has 0 atom stereocenters. The molecule has 8 nitrogen and oxygen atoms in total. The quantitative estimate of drug-likeness (QED) is 0.662. The van der Waals surface area contributed by atoms with Gasteiger partial charge in [-0.15, -0.1) is 5.10 Å². The van der Waals surface area contributed by atoms with E-state index in [1.54, 1.807) is 13.8 Å². The van der Waals surface area contributed by atoms with E-state index < -0.39 is 4.92 Å². The Labute approximate surface area is 116 Å². The third-order valence-corrected chi connectivity index (χ3v) is 2.66. The van der Waals surface area contributed by atoms with Crippen molar-refractivity contribution in [2.24, 2.45) is 0 Å². The van der Waals surface area contributed by atoms with Crippen molar-refractivity contribution >= 4 is 11.5 Å². The number of aromatic nitrogens is 4. The number of nitrogens with one attached hydrogen (secondary N) is 1. The molecule has 8 heteroatoms. The van der Waals surface area contributed by atoms with Crippen molar-refractivity contribution in [2.45, 2.75) is 27.2 Å². The maximum atomic E-state index is 11.0. The van der Waals surface area contributed by atoms with Crippen LogP contribution in [0, 0.1) is 24.0 Å². The second kappa shape index (κ2) is 5.64. The maximum absolute atomic E-state index is 11.0. The highest BCUT2D eigenvalue weighted by Crippen LogP contribution is 2.20. The normalized spacial score (nSPS) is 10.6. The second-order valence-corrected chi connectivity index (χ2v) is 4.37. The van der Waals surface area contributed by atoms with Gasteiger partial charge in [0.2, 0.25) is 0 Å². The molecular weight excluding hydrogens is 260 g/mol. The molecule has 0 saturated carbocycles. The molecule has 0 radical (unpaired) electrons. The van der Waals surface area contributed by atoms with E-state index in [9.17, 15) is 10.1 Å². The van der Waals surface area contributed by atoms with Crippen LogP contribution in [0.2, 0.25) is 0 Å². The molecule has 0 aliphatic carbocycles. The van der Waals surface area contributed by atoms with E-state index in [-0.39, 0.29) is 5.69 Å². The molecule has 20 heavy (non-hydrogen) atoms. The van der Waals surface area contributed by atoms with Crippen LogP contribution in [0.25, 0.3) is 5.82 Å². The summed E-state index contributed by atoms with van der Waals surface area (Å²) >= 11 is 0. The summed E-state index contributed by atoms with van der Waals surface area (Å²) in [6, 6.07) is 2.80. The molecule has 106 valence electrons. The number of hydrogen-bond acceptors (Lipinski definition) is 6. The van der Waals surface area contributed by atoms with E-state index in [0.29, 0.717) is 29.8 Å². The SMILES string of the molecule is CCCNc1cc([N+](=O)[O-])cc(-n2nc(C)nc2C)n1. The molecule has 0 spiro atoms. The van der Waals surface area contributed by atoms with Crippen molar-refractivity contribution in [1.82, 2.24) is 19.7 Å². The Morgan fingerprint density at radius 1 is 1.35 bits per heavy atom. The predicted octanol–water partition coefficient (Wildman–Crippen LogP) is 2.01. The largest absolute Gasteiger partial charge is 0.370 e. The lowest BCUT2D eigenvalue weighted by molar-refractivity contribution is -0.384. The van der Waals surface area contributed by atoms with Gasteiger partial charge in [0.15, 0.2) is 5.82 Å². The second-order valence-electron chi connectivity index (χ2n) is 4.37. The average Bonchev–Trinajstić information content (AvgIpc) is 2.75. The fourth-order valence-electron chi connectivity index (χ4n) is 1.80. The van der Waals surface area contributed by atoms with Gasteiger partial charge in [0.05, 0.1) is 17.1 Å². The molecule has 0 aliphatic heterocycles. The molecule has 0 amide bonds. The van der Waals surface area contributed by atoms with Crippen LogP contribution >= 0.6 is 0 Å². The summed E-state index contributed by atoms with van der Waals surface area (Å²) in [7, 11) is 0. The molecule has 2 aromatic rings. The van der Waals surface area contributed by atoms with Crippen molar-refractivity contribution in [3.05, 3.63) is 33.9 Å². The average molecular weight is 276 g/mol. The van der Waals surface area contributed by atoms with Gasteiger partial charge in [-0.1, -0.05) is 6.92 Å². The zero-order valence-electron chi connectivity index (χ0n) is 11.6. The molecule has 0 aromatic carbocycles. The third kappa shape index (κ3) is 2.90. The van der Waals surface area contributed by atoms with Crippen LogP contribution in [0.15, 0.2) is 12.1 Å². The zero-order chi connectivity index (χ0) is 14.7. The Balaban J connectivity index is 2.48. The van der Waals surface area contributed by atoms with Crippen molar-refractivity contribution in [3.8, 4) is 5.82 Å². The number of pyridine rings is 1. The van der Waals surface area contributed by atoms with Crippen LogP contribution in [0.1, 0.15) is 25.0 Å². The fourth-order valence-corrected chi connectivity index (χ4v) is 1.80. The summed E-state index contributed by atoms with van der Waals surface area (Å²) in [5.74, 6) is 2.08. The number of aryl methyl sites for hydroxylation is 2. The Bertz CT molecular complexity index is 637. The van der Waals surface area contributed by atoms with Gasteiger partial charge >= 0.3 is 0 Å². The van der Waals surface area contributed by atoms with Gasteiger partial charge in [0.1, 0.15) is 17.5 Å². The Morgan fingerprint density at radius 2 is 2.10 bits per heavy atom. The monoisotopic (exact) mass is 276 g/mol. The van der Waals surface area contributed by atoms with Crippen molar-refractivity contribution < 1.29 is 4.92 Å². The van der Waals surface area contributed by atoms with E-state index in [1.807, 2.05) is 6.92 Å². The molecule has 2 rings (SSSR count). The molecule has 0 aliphatic rings. The van der Waals surface area contributed by atoms with Crippen molar-refractivity contribution in [2.75, 3.05) is 11.9 Å². The minimum atomic E-state index is -0.443. The lowest BCUT2D eigenvalue weighted by Gasteiger charge is -2.07. The summed E-state index contributed by atoms with van der Waals surface area (Å²) < 4.78 is 1.50. The molecule has 0 saturated heterocycles. The van der Waals surface area contributed by atoms with Crippen molar-refractivity contribution in [3.63, 3.8) is 0 Å². The first kappa shape index (κ1) is 13.9. The van der Waals surface area contributed by atoms with E-state index in [0.717, 1.165) is 6.42 Å². The van der Waals surface area contributed by atoms with Crippen LogP contribution in [-0.4, -0.2) is 31.2 Å². The molecule has 2 aromatic heterocycles. The van der Waals surface area contributed by atoms with E-state index in [1.165, 1.54) is 16.8 Å². The van der Waals surface area contributed by atoms with E-state index in [4.69, 9.17) is 0 Å². The summed E-state index contributed by atoms with van der Waals surface area (Å²) in [5, 5.41) is 18.2. The standard InChI is InChI=1S/C12H16N6O2/c1-4-5-13-11-6-10(18(19)20)7-12(15-11)17-9(3)14-8(2)16-17/h6-7H,4-5H2,1-3H3,(H,13,15). The first-order valence-corrected chi connectivity index (χ1v) is 6.32. The summed E-state index contributed by atoms with van der Waals surface area (Å²) in [5.41, 5.74) is -0.0267. The van der Waals surface area contributed by atoms with Gasteiger partial charge in [-0.25, -0.2) is 9.97 Å². The van der Waals surface area contributed by atoms with Crippen LogP contribution in [0.5, 0.6) is 0 Å². The maximum Gasteiger partial charge on any atom is 0.276 e. The summed E-state index contributed by atoms with van der Waals surface area (Å²) in [6.07, 6.45) is 0.904. The van der Waals surface area contributed by atoms with Gasteiger partial charge in [0.25, 0.3) is 5.69 Å². The van der Waals surface area contributed by atoms with E-state index in [2.05, 4.69) is 20.4 Å². The highest BCUT2D eigenvalue weighted by atomic mass is 16.6. The molecule has 0 fully saturated rings. The van der Waals surface area contributed by atoms with Gasteiger partial charge in [-0.05, 0) is 20.3 Å². The van der Waals surface area contributed by atoms with Gasteiger partial charge in [-0.2, -0.15) is 4.68 Å². The van der Waals surface area contributed by atoms with Crippen LogP contribution < -0.4 is 5.32 Å². The minimum Gasteiger partial charge on any atom is -0.370 e. The van der Waals surface area contributed by atoms with Gasteiger partial charge < -0.3 is 5.32 Å². The van der Waals surface area contributed by atoms with Crippen LogP contribution in [0.3, 0.4) is 0 Å². The Kier molecular flexibility index (Phi) is 3.92. The first-order chi connectivity index (χ1) is 9.51. The highest BCUT2D eigenvalue weighted by Gasteiger charge is 2.14. The van der Waals surface area contributed by atoms with Gasteiger partial charge in [0, 0.05) is 6.54 Å². The number of hydrogen-bond donors (Lipinski definition) is 1. The predicted molar refractivity (Wildman–Crippen MR) is 74.1 cm³/mol. The number of nitrogens with zero attached hydrogens (tertiary/aromatic N) is 5. The third-order valence-electron chi connectivity index (χ3n) is 2.66. The smallest absolute Gasteiger partial charge is 0.276 e. The number of rotatable bonds is 5. The summed E-state index contributed by atoms with van der Waals surface area (Å²) in [6.45, 7) is 6.25.